The third kappa shape index (κ3) is 5.17. The SMILES string of the molecule is O=C(NCCNC(=O)C1CCCCC1)c1cn(-c2ccccc2)nc1-c1cccnc1. The van der Waals surface area contributed by atoms with Gasteiger partial charge in [0.1, 0.15) is 5.69 Å². The lowest BCUT2D eigenvalue weighted by molar-refractivity contribution is -0.125. The number of benzene rings is 1. The van der Waals surface area contributed by atoms with Crippen molar-refractivity contribution in [1.82, 2.24) is 25.4 Å². The highest BCUT2D eigenvalue weighted by atomic mass is 16.2. The van der Waals surface area contributed by atoms with Crippen LogP contribution in [0.15, 0.2) is 61.1 Å². The molecule has 31 heavy (non-hydrogen) atoms. The monoisotopic (exact) mass is 417 g/mol. The Kier molecular flexibility index (Phi) is 6.72. The Bertz CT molecular complexity index is 1010. The first kappa shape index (κ1) is 20.8. The van der Waals surface area contributed by atoms with E-state index in [2.05, 4.69) is 20.7 Å². The molecule has 1 fully saturated rings. The number of aromatic nitrogens is 3. The summed E-state index contributed by atoms with van der Waals surface area (Å²) in [5, 5.41) is 10.5. The third-order valence-corrected chi connectivity index (χ3v) is 5.60. The van der Waals surface area contributed by atoms with E-state index in [-0.39, 0.29) is 17.7 Å². The van der Waals surface area contributed by atoms with E-state index in [1.165, 1.54) is 6.42 Å². The molecule has 2 heterocycles. The van der Waals surface area contributed by atoms with Crippen molar-refractivity contribution < 1.29 is 9.59 Å². The van der Waals surface area contributed by atoms with Gasteiger partial charge in [0.25, 0.3) is 5.91 Å². The van der Waals surface area contributed by atoms with Crippen molar-refractivity contribution >= 4 is 11.8 Å². The van der Waals surface area contributed by atoms with E-state index >= 15 is 0 Å². The number of rotatable bonds is 7. The molecule has 1 saturated carbocycles. The maximum atomic E-state index is 12.9. The minimum Gasteiger partial charge on any atom is -0.354 e. The van der Waals surface area contributed by atoms with Crippen molar-refractivity contribution in [3.05, 3.63) is 66.6 Å². The molecule has 0 spiro atoms. The first-order valence-electron chi connectivity index (χ1n) is 10.8. The molecule has 3 aromatic rings. The van der Waals surface area contributed by atoms with E-state index in [9.17, 15) is 9.59 Å². The molecule has 7 heteroatoms. The molecule has 0 aliphatic heterocycles. The van der Waals surface area contributed by atoms with Crippen LogP contribution in [0, 0.1) is 5.92 Å². The number of carbonyl (C=O) groups is 2. The summed E-state index contributed by atoms with van der Waals surface area (Å²) in [6, 6.07) is 13.4. The van der Waals surface area contributed by atoms with Crippen LogP contribution >= 0.6 is 0 Å². The van der Waals surface area contributed by atoms with Gasteiger partial charge in [-0.05, 0) is 37.1 Å². The third-order valence-electron chi connectivity index (χ3n) is 5.60. The van der Waals surface area contributed by atoms with Crippen LogP contribution < -0.4 is 10.6 Å². The summed E-state index contributed by atoms with van der Waals surface area (Å²) in [5.41, 5.74) is 2.68. The topological polar surface area (TPSA) is 88.9 Å². The highest BCUT2D eigenvalue weighted by molar-refractivity contribution is 5.99. The first-order valence-corrected chi connectivity index (χ1v) is 10.8. The average molecular weight is 418 g/mol. The molecule has 2 N–H and O–H groups in total. The number of nitrogens with zero attached hydrogens (tertiary/aromatic N) is 3. The van der Waals surface area contributed by atoms with Crippen molar-refractivity contribution in [2.75, 3.05) is 13.1 Å². The normalized spacial score (nSPS) is 14.2. The second kappa shape index (κ2) is 10.0. The lowest BCUT2D eigenvalue weighted by Gasteiger charge is -2.20. The fourth-order valence-corrected chi connectivity index (χ4v) is 3.94. The summed E-state index contributed by atoms with van der Waals surface area (Å²) < 4.78 is 1.70. The number of para-hydroxylation sites is 1. The number of hydrogen-bond donors (Lipinski definition) is 2. The van der Waals surface area contributed by atoms with Crippen LogP contribution in [0.3, 0.4) is 0 Å². The summed E-state index contributed by atoms with van der Waals surface area (Å²) in [6.07, 6.45) is 10.5. The van der Waals surface area contributed by atoms with Gasteiger partial charge < -0.3 is 10.6 Å². The van der Waals surface area contributed by atoms with E-state index in [1.54, 1.807) is 23.3 Å². The van der Waals surface area contributed by atoms with Gasteiger partial charge in [0.15, 0.2) is 0 Å². The Balaban J connectivity index is 1.43. The number of carbonyl (C=O) groups excluding carboxylic acids is 2. The van der Waals surface area contributed by atoms with Crippen LogP contribution in [-0.2, 0) is 4.79 Å². The summed E-state index contributed by atoms with van der Waals surface area (Å²) in [7, 11) is 0. The molecular formula is C24H27N5O2. The highest BCUT2D eigenvalue weighted by Crippen LogP contribution is 2.24. The van der Waals surface area contributed by atoms with Crippen LogP contribution in [0.5, 0.6) is 0 Å². The van der Waals surface area contributed by atoms with Crippen LogP contribution in [0.4, 0.5) is 0 Å². The van der Waals surface area contributed by atoms with Gasteiger partial charge in [-0.2, -0.15) is 5.10 Å². The van der Waals surface area contributed by atoms with Crippen molar-refractivity contribution in [3.8, 4) is 16.9 Å². The maximum Gasteiger partial charge on any atom is 0.255 e. The highest BCUT2D eigenvalue weighted by Gasteiger charge is 2.21. The number of hydrogen-bond acceptors (Lipinski definition) is 4. The molecule has 7 nitrogen and oxygen atoms in total. The largest absolute Gasteiger partial charge is 0.354 e. The Labute approximate surface area is 181 Å². The lowest BCUT2D eigenvalue weighted by atomic mass is 9.89. The van der Waals surface area contributed by atoms with Crippen LogP contribution in [-0.4, -0.2) is 39.7 Å². The van der Waals surface area contributed by atoms with Crippen molar-refractivity contribution in [2.45, 2.75) is 32.1 Å². The molecule has 2 amide bonds. The fraction of sp³-hybridized carbons (Fsp3) is 0.333. The second-order valence-electron chi connectivity index (χ2n) is 7.80. The molecule has 160 valence electrons. The van der Waals surface area contributed by atoms with Gasteiger partial charge in [0.05, 0.1) is 11.3 Å². The summed E-state index contributed by atoms with van der Waals surface area (Å²) in [6.45, 7) is 0.774. The maximum absolute atomic E-state index is 12.9. The Morgan fingerprint density at radius 1 is 0.968 bits per heavy atom. The summed E-state index contributed by atoms with van der Waals surface area (Å²) in [5.74, 6) is -0.0133. The predicted octanol–water partition coefficient (Wildman–Crippen LogP) is 3.36. The van der Waals surface area contributed by atoms with Gasteiger partial charge in [-0.25, -0.2) is 4.68 Å². The second-order valence-corrected chi connectivity index (χ2v) is 7.80. The number of amides is 2. The molecule has 0 saturated heterocycles. The Hall–Kier alpha value is -3.48. The quantitative estimate of drug-likeness (QED) is 0.577. The van der Waals surface area contributed by atoms with E-state index in [4.69, 9.17) is 0 Å². The number of pyridine rings is 1. The van der Waals surface area contributed by atoms with Crippen molar-refractivity contribution in [3.63, 3.8) is 0 Å². The van der Waals surface area contributed by atoms with Crippen LogP contribution in [0.25, 0.3) is 16.9 Å². The summed E-state index contributed by atoms with van der Waals surface area (Å²) in [4.78, 5) is 29.4. The lowest BCUT2D eigenvalue weighted by Crippen LogP contribution is -2.38. The van der Waals surface area contributed by atoms with E-state index in [1.807, 2.05) is 42.5 Å². The zero-order valence-electron chi connectivity index (χ0n) is 17.5. The Morgan fingerprint density at radius 2 is 1.74 bits per heavy atom. The van der Waals surface area contributed by atoms with Crippen LogP contribution in [0.1, 0.15) is 42.5 Å². The fourth-order valence-electron chi connectivity index (χ4n) is 3.94. The zero-order chi connectivity index (χ0) is 21.5. The minimum atomic E-state index is -0.229. The molecule has 0 atom stereocenters. The van der Waals surface area contributed by atoms with Gasteiger partial charge in [-0.3, -0.25) is 14.6 Å². The van der Waals surface area contributed by atoms with Crippen LogP contribution in [0.2, 0.25) is 0 Å². The van der Waals surface area contributed by atoms with Gasteiger partial charge in [0, 0.05) is 43.2 Å². The van der Waals surface area contributed by atoms with Crippen molar-refractivity contribution in [1.29, 1.82) is 0 Å². The molecule has 0 bridgehead atoms. The molecular weight excluding hydrogens is 390 g/mol. The smallest absolute Gasteiger partial charge is 0.255 e. The summed E-state index contributed by atoms with van der Waals surface area (Å²) >= 11 is 0. The van der Waals surface area contributed by atoms with Gasteiger partial charge in [-0.1, -0.05) is 37.5 Å². The first-order chi connectivity index (χ1) is 15.2. The molecule has 1 aliphatic carbocycles. The minimum absolute atomic E-state index is 0.0990. The molecule has 2 aromatic heterocycles. The average Bonchev–Trinajstić information content (AvgIpc) is 3.29. The van der Waals surface area contributed by atoms with E-state index in [0.717, 1.165) is 36.9 Å². The Morgan fingerprint density at radius 3 is 2.48 bits per heavy atom. The molecule has 0 radical (unpaired) electrons. The molecule has 1 aromatic carbocycles. The van der Waals surface area contributed by atoms with Gasteiger partial charge in [0.2, 0.25) is 5.91 Å². The van der Waals surface area contributed by atoms with Crippen molar-refractivity contribution in [2.24, 2.45) is 5.92 Å². The molecule has 4 rings (SSSR count). The zero-order valence-corrected chi connectivity index (χ0v) is 17.5. The van der Waals surface area contributed by atoms with E-state index in [0.29, 0.717) is 24.3 Å². The molecule has 1 aliphatic rings. The number of nitrogens with one attached hydrogen (secondary N) is 2. The van der Waals surface area contributed by atoms with Gasteiger partial charge >= 0.3 is 0 Å². The van der Waals surface area contributed by atoms with E-state index < -0.39 is 0 Å². The standard InChI is InChI=1S/C24H27N5O2/c30-23(18-8-3-1-4-9-18)26-14-15-27-24(31)21-17-29(20-11-5-2-6-12-20)28-22(21)19-10-7-13-25-16-19/h2,5-7,10-13,16-18H,1,3-4,8-9,14-15H2,(H,26,30)(H,27,31). The molecule has 0 unspecified atom stereocenters. The predicted molar refractivity (Wildman–Crippen MR) is 119 cm³/mol. The van der Waals surface area contributed by atoms with Gasteiger partial charge in [-0.15, -0.1) is 0 Å².